The van der Waals surface area contributed by atoms with E-state index in [2.05, 4.69) is 11.8 Å². The molecule has 1 aromatic carbocycles. The molecule has 1 aromatic rings. The molecule has 0 bridgehead atoms. The Kier molecular flexibility index (Phi) is 6.83. The molecule has 0 spiro atoms. The molecule has 6 heteroatoms. The molecule has 0 N–H and O–H groups in total. The molecular formula is C14H16ClFO3S. The second kappa shape index (κ2) is 8.13. The highest BCUT2D eigenvalue weighted by Crippen LogP contribution is 2.18. The Bertz CT molecular complexity index is 603. The van der Waals surface area contributed by atoms with E-state index in [1.807, 2.05) is 0 Å². The van der Waals surface area contributed by atoms with Crippen LogP contribution in [0.1, 0.15) is 18.9 Å². The maximum atomic E-state index is 13.5. The van der Waals surface area contributed by atoms with E-state index in [0.29, 0.717) is 12.0 Å². The van der Waals surface area contributed by atoms with Crippen LogP contribution in [-0.4, -0.2) is 32.4 Å². The van der Waals surface area contributed by atoms with E-state index in [0.717, 1.165) is 0 Å². The Labute approximate surface area is 124 Å². The molecule has 0 aliphatic carbocycles. The lowest BCUT2D eigenvalue weighted by Gasteiger charge is -2.07. The third kappa shape index (κ3) is 5.81. The summed E-state index contributed by atoms with van der Waals surface area (Å²) < 4.78 is 41.3. The van der Waals surface area contributed by atoms with Crippen LogP contribution in [0, 0.1) is 17.7 Å². The molecule has 3 nitrogen and oxygen atoms in total. The van der Waals surface area contributed by atoms with Crippen LogP contribution in [0.15, 0.2) is 18.2 Å². The van der Waals surface area contributed by atoms with Gasteiger partial charge in [0.1, 0.15) is 9.84 Å². The van der Waals surface area contributed by atoms with Gasteiger partial charge in [0.05, 0.1) is 18.2 Å². The Morgan fingerprint density at radius 2 is 2.15 bits per heavy atom. The summed E-state index contributed by atoms with van der Waals surface area (Å²) >= 11 is 5.45. The van der Waals surface area contributed by atoms with Crippen molar-refractivity contribution in [1.29, 1.82) is 0 Å². The third-order valence-corrected chi connectivity index (χ3v) is 4.45. The molecule has 0 heterocycles. The summed E-state index contributed by atoms with van der Waals surface area (Å²) in [7, 11) is -3.01. The molecule has 1 rings (SSSR count). The monoisotopic (exact) mass is 318 g/mol. The van der Waals surface area contributed by atoms with Crippen molar-refractivity contribution in [2.24, 2.45) is 0 Å². The van der Waals surface area contributed by atoms with Gasteiger partial charge in [0, 0.05) is 11.3 Å². The summed E-state index contributed by atoms with van der Waals surface area (Å²) in [6.07, 6.45) is 0.327. The molecule has 0 saturated carbocycles. The number of hydrogen-bond donors (Lipinski definition) is 0. The number of benzene rings is 1. The largest absolute Gasteiger partial charge is 0.490 e. The van der Waals surface area contributed by atoms with Crippen LogP contribution in [0.25, 0.3) is 0 Å². The van der Waals surface area contributed by atoms with Gasteiger partial charge in [-0.2, -0.15) is 0 Å². The Morgan fingerprint density at radius 1 is 1.40 bits per heavy atom. The highest BCUT2D eigenvalue weighted by Gasteiger charge is 2.08. The zero-order valence-electron chi connectivity index (χ0n) is 11.2. The minimum Gasteiger partial charge on any atom is -0.490 e. The SMILES string of the molecule is CCS(=O)(=O)CCCOc1cc(C#CCCl)ccc1F. The molecule has 0 amide bonds. The molecule has 0 unspecified atom stereocenters. The fourth-order valence-electron chi connectivity index (χ4n) is 1.43. The lowest BCUT2D eigenvalue weighted by Crippen LogP contribution is -2.12. The van der Waals surface area contributed by atoms with Gasteiger partial charge in [-0.3, -0.25) is 0 Å². The fourth-order valence-corrected chi connectivity index (χ4v) is 2.35. The van der Waals surface area contributed by atoms with E-state index in [1.54, 1.807) is 6.92 Å². The molecule has 0 aliphatic heterocycles. The summed E-state index contributed by atoms with van der Waals surface area (Å²) in [5.41, 5.74) is 0.600. The molecule has 110 valence electrons. The van der Waals surface area contributed by atoms with Crippen LogP contribution in [0.5, 0.6) is 5.75 Å². The molecule has 0 aliphatic rings. The van der Waals surface area contributed by atoms with Crippen LogP contribution in [0.3, 0.4) is 0 Å². The lowest BCUT2D eigenvalue weighted by atomic mass is 10.2. The number of alkyl halides is 1. The minimum absolute atomic E-state index is 0.0386. The zero-order valence-corrected chi connectivity index (χ0v) is 12.7. The van der Waals surface area contributed by atoms with Gasteiger partial charge in [-0.1, -0.05) is 18.8 Å². The van der Waals surface area contributed by atoms with E-state index < -0.39 is 15.7 Å². The first-order valence-electron chi connectivity index (χ1n) is 6.16. The van der Waals surface area contributed by atoms with Crippen molar-refractivity contribution in [3.05, 3.63) is 29.6 Å². The highest BCUT2D eigenvalue weighted by molar-refractivity contribution is 7.91. The number of rotatable bonds is 6. The second-order valence-corrected chi connectivity index (χ2v) is 6.76. The van der Waals surface area contributed by atoms with E-state index >= 15 is 0 Å². The van der Waals surface area contributed by atoms with Crippen molar-refractivity contribution >= 4 is 21.4 Å². The van der Waals surface area contributed by atoms with Crippen molar-refractivity contribution in [3.8, 4) is 17.6 Å². The second-order valence-electron chi connectivity index (χ2n) is 4.02. The van der Waals surface area contributed by atoms with E-state index in [9.17, 15) is 12.8 Å². The first-order valence-corrected chi connectivity index (χ1v) is 8.51. The van der Waals surface area contributed by atoms with Gasteiger partial charge in [0.15, 0.2) is 11.6 Å². The summed E-state index contributed by atoms with van der Waals surface area (Å²) in [5, 5.41) is 0. The normalized spacial score (nSPS) is 10.8. The van der Waals surface area contributed by atoms with Gasteiger partial charge in [-0.25, -0.2) is 12.8 Å². The summed E-state index contributed by atoms with van der Waals surface area (Å²) in [6, 6.07) is 4.27. The Morgan fingerprint density at radius 3 is 2.80 bits per heavy atom. The van der Waals surface area contributed by atoms with Crippen LogP contribution in [0.4, 0.5) is 4.39 Å². The number of ether oxygens (including phenoxy) is 1. The van der Waals surface area contributed by atoms with Gasteiger partial charge in [-0.05, 0) is 24.6 Å². The predicted octanol–water partition coefficient (Wildman–Crippen LogP) is 2.62. The van der Waals surface area contributed by atoms with Gasteiger partial charge in [-0.15, -0.1) is 11.6 Å². The minimum atomic E-state index is -3.01. The van der Waals surface area contributed by atoms with Crippen LogP contribution < -0.4 is 4.74 Å². The first-order chi connectivity index (χ1) is 9.48. The quantitative estimate of drug-likeness (QED) is 0.460. The molecular weight excluding hydrogens is 303 g/mol. The molecule has 20 heavy (non-hydrogen) atoms. The van der Waals surface area contributed by atoms with Crippen LogP contribution >= 0.6 is 11.6 Å². The number of sulfone groups is 1. The van der Waals surface area contributed by atoms with Crippen molar-refractivity contribution in [2.45, 2.75) is 13.3 Å². The molecule has 0 fully saturated rings. The number of hydrogen-bond acceptors (Lipinski definition) is 3. The van der Waals surface area contributed by atoms with Crippen molar-refractivity contribution in [2.75, 3.05) is 24.0 Å². The van der Waals surface area contributed by atoms with E-state index in [4.69, 9.17) is 16.3 Å². The highest BCUT2D eigenvalue weighted by atomic mass is 35.5. The van der Waals surface area contributed by atoms with E-state index in [1.165, 1.54) is 18.2 Å². The topological polar surface area (TPSA) is 43.4 Å². The average molecular weight is 319 g/mol. The van der Waals surface area contributed by atoms with Gasteiger partial charge in [0.2, 0.25) is 0 Å². The Hall–Kier alpha value is -1.25. The predicted molar refractivity (Wildman–Crippen MR) is 78.4 cm³/mol. The first kappa shape index (κ1) is 16.8. The summed E-state index contributed by atoms with van der Waals surface area (Å²) in [4.78, 5) is 0. The zero-order chi connectivity index (χ0) is 15.0. The average Bonchev–Trinajstić information content (AvgIpc) is 2.44. The van der Waals surface area contributed by atoms with Crippen LogP contribution in [0.2, 0.25) is 0 Å². The van der Waals surface area contributed by atoms with Gasteiger partial charge >= 0.3 is 0 Å². The standard InChI is InChI=1S/C14H16ClFO3S/c1-2-20(17,18)10-4-9-19-14-11-12(5-3-8-15)6-7-13(14)16/h6-7,11H,2,4,8-10H2,1H3. The maximum absolute atomic E-state index is 13.5. The van der Waals surface area contributed by atoms with Crippen LogP contribution in [-0.2, 0) is 9.84 Å². The molecule has 0 atom stereocenters. The smallest absolute Gasteiger partial charge is 0.165 e. The number of halogens is 2. The van der Waals surface area contributed by atoms with E-state index in [-0.39, 0.29) is 29.7 Å². The summed E-state index contributed by atoms with van der Waals surface area (Å²) in [5.74, 6) is 5.33. The van der Waals surface area contributed by atoms with Crippen molar-refractivity contribution in [3.63, 3.8) is 0 Å². The third-order valence-electron chi connectivity index (χ3n) is 2.53. The molecule has 0 radical (unpaired) electrons. The van der Waals surface area contributed by atoms with Gasteiger partial charge in [0.25, 0.3) is 0 Å². The maximum Gasteiger partial charge on any atom is 0.165 e. The van der Waals surface area contributed by atoms with Crippen molar-refractivity contribution < 1.29 is 17.5 Å². The Balaban J connectivity index is 2.59. The fraction of sp³-hybridized carbons (Fsp3) is 0.429. The summed E-state index contributed by atoms with van der Waals surface area (Å²) in [6.45, 7) is 1.73. The lowest BCUT2D eigenvalue weighted by molar-refractivity contribution is 0.301. The molecule has 0 aromatic heterocycles. The molecule has 0 saturated heterocycles. The van der Waals surface area contributed by atoms with Gasteiger partial charge < -0.3 is 4.74 Å². The van der Waals surface area contributed by atoms with Crippen molar-refractivity contribution in [1.82, 2.24) is 0 Å².